The van der Waals surface area contributed by atoms with Crippen LogP contribution in [-0.2, 0) is 4.79 Å². The maximum absolute atomic E-state index is 12.4. The molecular formula is C17H13ClN2O3S2. The number of nitrogens with one attached hydrogen (secondary N) is 1. The van der Waals surface area contributed by atoms with Crippen molar-refractivity contribution in [1.82, 2.24) is 10.2 Å². The summed E-state index contributed by atoms with van der Waals surface area (Å²) in [6, 6.07) is 8.71. The van der Waals surface area contributed by atoms with Crippen LogP contribution in [0.25, 0.3) is 6.08 Å². The van der Waals surface area contributed by atoms with Gasteiger partial charge in [-0.1, -0.05) is 23.7 Å². The zero-order valence-electron chi connectivity index (χ0n) is 12.9. The van der Waals surface area contributed by atoms with Crippen molar-refractivity contribution in [3.8, 4) is 0 Å². The van der Waals surface area contributed by atoms with Crippen molar-refractivity contribution < 1.29 is 14.4 Å². The van der Waals surface area contributed by atoms with Crippen molar-refractivity contribution in [1.29, 1.82) is 0 Å². The molecule has 8 heteroatoms. The Balaban J connectivity index is 1.59. The highest BCUT2D eigenvalue weighted by Gasteiger charge is 2.34. The standard InChI is InChI=1S/C17H13ClN2O3S2/c18-13-3-1-11(2-4-13)9-14-16(22)20(17(23)25-14)7-6-19-15(21)12-5-8-24-10-12/h1-5,8-10H,6-7H2,(H,19,21)/b14-9-. The summed E-state index contributed by atoms with van der Waals surface area (Å²) in [6.45, 7) is 0.347. The number of hydrogen-bond acceptors (Lipinski definition) is 5. The van der Waals surface area contributed by atoms with Crippen LogP contribution in [0.1, 0.15) is 15.9 Å². The molecule has 1 N–H and O–H groups in total. The molecule has 1 aliphatic rings. The van der Waals surface area contributed by atoms with Gasteiger partial charge in [0.05, 0.1) is 4.91 Å². The van der Waals surface area contributed by atoms with Crippen molar-refractivity contribution in [3.63, 3.8) is 0 Å². The first kappa shape index (κ1) is 17.7. The van der Waals surface area contributed by atoms with Gasteiger partial charge >= 0.3 is 0 Å². The van der Waals surface area contributed by atoms with E-state index in [1.807, 2.05) is 5.38 Å². The molecule has 0 bridgehead atoms. The van der Waals surface area contributed by atoms with Gasteiger partial charge in [0.15, 0.2) is 0 Å². The molecule has 1 saturated heterocycles. The Labute approximate surface area is 157 Å². The summed E-state index contributed by atoms with van der Waals surface area (Å²) in [4.78, 5) is 37.8. The highest BCUT2D eigenvalue weighted by molar-refractivity contribution is 8.18. The highest BCUT2D eigenvalue weighted by atomic mass is 35.5. The first-order chi connectivity index (χ1) is 12.0. The lowest BCUT2D eigenvalue weighted by atomic mass is 10.2. The summed E-state index contributed by atoms with van der Waals surface area (Å²) < 4.78 is 0. The molecule has 0 aliphatic carbocycles. The van der Waals surface area contributed by atoms with E-state index in [2.05, 4.69) is 5.32 Å². The van der Waals surface area contributed by atoms with Crippen LogP contribution in [0.5, 0.6) is 0 Å². The number of nitrogens with zero attached hydrogens (tertiary/aromatic N) is 1. The van der Waals surface area contributed by atoms with Crippen molar-refractivity contribution in [2.45, 2.75) is 0 Å². The van der Waals surface area contributed by atoms with Gasteiger partial charge in [0.25, 0.3) is 17.1 Å². The number of halogens is 1. The Morgan fingerprint density at radius 3 is 2.64 bits per heavy atom. The molecule has 1 fully saturated rings. The van der Waals surface area contributed by atoms with Gasteiger partial charge in [0.2, 0.25) is 0 Å². The van der Waals surface area contributed by atoms with Crippen LogP contribution in [0.3, 0.4) is 0 Å². The summed E-state index contributed by atoms with van der Waals surface area (Å²) in [5, 5.41) is 6.52. The van der Waals surface area contributed by atoms with Crippen molar-refractivity contribution in [2.24, 2.45) is 0 Å². The molecule has 0 unspecified atom stereocenters. The van der Waals surface area contributed by atoms with Gasteiger partial charge in [-0.15, -0.1) is 0 Å². The van der Waals surface area contributed by atoms with E-state index < -0.39 is 0 Å². The number of hydrogen-bond donors (Lipinski definition) is 1. The third kappa shape index (κ3) is 4.31. The van der Waals surface area contributed by atoms with Gasteiger partial charge in [-0.25, -0.2) is 0 Å². The quantitative estimate of drug-likeness (QED) is 0.784. The van der Waals surface area contributed by atoms with E-state index in [-0.39, 0.29) is 30.1 Å². The molecule has 0 radical (unpaired) electrons. The number of imide groups is 1. The Hall–Kier alpha value is -2.09. The second-order valence-electron chi connectivity index (χ2n) is 5.15. The van der Waals surface area contributed by atoms with Crippen LogP contribution < -0.4 is 5.32 Å². The third-order valence-corrected chi connectivity index (χ3v) is 5.29. The molecule has 1 aromatic heterocycles. The first-order valence-corrected chi connectivity index (χ1v) is 9.49. The molecule has 25 heavy (non-hydrogen) atoms. The van der Waals surface area contributed by atoms with E-state index in [9.17, 15) is 14.4 Å². The Morgan fingerprint density at radius 2 is 1.96 bits per heavy atom. The summed E-state index contributed by atoms with van der Waals surface area (Å²) >= 11 is 8.16. The van der Waals surface area contributed by atoms with Gasteiger partial charge in [-0.3, -0.25) is 19.3 Å². The number of thiophene rings is 1. The largest absolute Gasteiger partial charge is 0.350 e. The van der Waals surface area contributed by atoms with E-state index in [1.54, 1.807) is 41.8 Å². The van der Waals surface area contributed by atoms with Gasteiger partial charge in [0.1, 0.15) is 0 Å². The van der Waals surface area contributed by atoms with E-state index in [1.165, 1.54) is 11.3 Å². The molecule has 5 nitrogen and oxygen atoms in total. The minimum atomic E-state index is -0.352. The smallest absolute Gasteiger partial charge is 0.293 e. The topological polar surface area (TPSA) is 66.5 Å². The number of amides is 3. The lowest BCUT2D eigenvalue weighted by molar-refractivity contribution is -0.122. The molecule has 1 aromatic carbocycles. The minimum Gasteiger partial charge on any atom is -0.350 e. The fraction of sp³-hybridized carbons (Fsp3) is 0.118. The summed E-state index contributed by atoms with van der Waals surface area (Å²) in [7, 11) is 0. The second kappa shape index (κ2) is 7.86. The monoisotopic (exact) mass is 392 g/mol. The van der Waals surface area contributed by atoms with Crippen molar-refractivity contribution >= 4 is 57.8 Å². The number of carbonyl (C=O) groups is 3. The molecule has 3 amide bonds. The maximum atomic E-state index is 12.4. The number of benzene rings is 1. The van der Waals surface area contributed by atoms with Gasteiger partial charge in [0, 0.05) is 29.1 Å². The van der Waals surface area contributed by atoms with Crippen LogP contribution in [0, 0.1) is 0 Å². The van der Waals surface area contributed by atoms with Gasteiger partial charge < -0.3 is 5.32 Å². The first-order valence-electron chi connectivity index (χ1n) is 7.36. The second-order valence-corrected chi connectivity index (χ2v) is 7.36. The predicted molar refractivity (Wildman–Crippen MR) is 101 cm³/mol. The zero-order chi connectivity index (χ0) is 17.8. The normalized spacial score (nSPS) is 15.9. The van der Waals surface area contributed by atoms with Crippen LogP contribution in [0.4, 0.5) is 4.79 Å². The molecule has 0 saturated carbocycles. The fourth-order valence-corrected chi connectivity index (χ4v) is 3.81. The molecule has 2 heterocycles. The maximum Gasteiger partial charge on any atom is 0.293 e. The fourth-order valence-electron chi connectivity index (χ4n) is 2.18. The zero-order valence-corrected chi connectivity index (χ0v) is 15.3. The lowest BCUT2D eigenvalue weighted by Crippen LogP contribution is -2.37. The molecule has 128 valence electrons. The highest BCUT2D eigenvalue weighted by Crippen LogP contribution is 2.32. The Morgan fingerprint density at radius 1 is 1.20 bits per heavy atom. The number of thioether (sulfide) groups is 1. The molecular weight excluding hydrogens is 380 g/mol. The predicted octanol–water partition coefficient (Wildman–Crippen LogP) is 3.87. The van der Waals surface area contributed by atoms with E-state index in [0.29, 0.717) is 15.5 Å². The van der Waals surface area contributed by atoms with Crippen LogP contribution in [0.15, 0.2) is 46.0 Å². The molecule has 3 rings (SSSR count). The SMILES string of the molecule is O=C(NCCN1C(=O)S/C(=C\c2ccc(Cl)cc2)C1=O)c1ccsc1. The summed E-state index contributed by atoms with van der Waals surface area (Å²) in [6.07, 6.45) is 1.66. The van der Waals surface area contributed by atoms with Crippen LogP contribution >= 0.6 is 34.7 Å². The third-order valence-electron chi connectivity index (χ3n) is 3.45. The Kier molecular flexibility index (Phi) is 5.57. The van der Waals surface area contributed by atoms with Crippen molar-refractivity contribution in [2.75, 3.05) is 13.1 Å². The van der Waals surface area contributed by atoms with E-state index in [4.69, 9.17) is 11.6 Å². The minimum absolute atomic E-state index is 0.137. The molecule has 2 aromatic rings. The summed E-state index contributed by atoms with van der Waals surface area (Å²) in [5.41, 5.74) is 1.36. The summed E-state index contributed by atoms with van der Waals surface area (Å²) in [5.74, 6) is -0.570. The average Bonchev–Trinajstić information content (AvgIpc) is 3.21. The molecule has 1 aliphatic heterocycles. The average molecular weight is 393 g/mol. The van der Waals surface area contributed by atoms with E-state index >= 15 is 0 Å². The number of rotatable bonds is 5. The molecule has 0 spiro atoms. The van der Waals surface area contributed by atoms with Crippen molar-refractivity contribution in [3.05, 3.63) is 62.1 Å². The van der Waals surface area contributed by atoms with Crippen LogP contribution in [-0.4, -0.2) is 35.0 Å². The number of carbonyl (C=O) groups excluding carboxylic acids is 3. The molecule has 0 atom stereocenters. The van der Waals surface area contributed by atoms with E-state index in [0.717, 1.165) is 22.2 Å². The Bertz CT molecular complexity index is 832. The van der Waals surface area contributed by atoms with Crippen LogP contribution in [0.2, 0.25) is 5.02 Å². The van der Waals surface area contributed by atoms with Gasteiger partial charge in [-0.05, 0) is 47.0 Å². The van der Waals surface area contributed by atoms with Gasteiger partial charge in [-0.2, -0.15) is 11.3 Å². The lowest BCUT2D eigenvalue weighted by Gasteiger charge is -2.12.